The number of hydrogen-bond acceptors (Lipinski definition) is 31. The van der Waals surface area contributed by atoms with Crippen molar-refractivity contribution in [3.05, 3.63) is 0 Å². The summed E-state index contributed by atoms with van der Waals surface area (Å²) >= 11 is 0. The summed E-state index contributed by atoms with van der Waals surface area (Å²) in [6, 6.07) is -1.95. The first-order valence-corrected chi connectivity index (χ1v) is 21.7. The second kappa shape index (κ2) is 27.6. The van der Waals surface area contributed by atoms with Crippen molar-refractivity contribution in [2.24, 2.45) is 10.7 Å². The average Bonchev–Trinajstić information content (AvgIpc) is 3.27. The monoisotopic (exact) mass is 1050 g/mol. The van der Waals surface area contributed by atoms with Crippen LogP contribution in [0, 0.1) is 0 Å². The molecular weight excluding hydrogens is 994 g/mol. The van der Waals surface area contributed by atoms with Gasteiger partial charge >= 0.3 is 69.5 Å². The number of rotatable bonds is 19. The third-order valence-corrected chi connectivity index (χ3v) is 11.7. The fraction of sp³-hybridized carbons (Fsp3) is 0.941. The predicted octanol–water partition coefficient (Wildman–Crippen LogP) is -19.6. The molecule has 32 nitrogen and oxygen atoms in total. The minimum atomic E-state index is -5.51. The van der Waals surface area contributed by atoms with E-state index < -0.39 is 202 Å². The Morgan fingerprint density at radius 1 is 0.551 bits per heavy atom. The summed E-state index contributed by atoms with van der Waals surface area (Å²) < 4.78 is 91.5. The number of ether oxygens (including phenoxy) is 10. The van der Waals surface area contributed by atoms with E-state index in [9.17, 15) is 89.8 Å². The first-order valence-electron chi connectivity index (χ1n) is 20.4. The molecule has 35 heteroatoms. The van der Waals surface area contributed by atoms with Crippen molar-refractivity contribution in [3.63, 3.8) is 0 Å². The van der Waals surface area contributed by atoms with Crippen LogP contribution in [0.1, 0.15) is 6.92 Å². The standard InChI is InChI=1S/C34H58N2O30S.2Na/c1-8(41)36-13-16(44)23(61-32-21(49)26(15(43)10(5-38)57-32)64-34-22(50)27(66-67(53,54)55)19(47)28(65-34)29(51)52)11(6-39)59-30(13)63-25-14(42)9(4-37)58-33(20(25)48)62-24-12(7-40)60-31(56-3-2-35)18(46)17(24)45;;/h9-28,30-34,37-40,42-50H,2-7,35H2,1H3,(H,36,41)(H,51,52)(H,53,54,55);;/q;2*+1/p-2/t9-,10-,11-,12-,13-,14+,15+,16-,17-,18-,19+,20-,21-,22-,23-,24-,25+,26+,27+,28+,30+,31-,32+,33+,34-;;/m1../s1. The van der Waals surface area contributed by atoms with Crippen LogP contribution in [0.5, 0.6) is 0 Å². The van der Waals surface area contributed by atoms with Gasteiger partial charge in [0.1, 0.15) is 122 Å². The molecule has 5 heterocycles. The molecule has 5 aliphatic rings. The maximum atomic E-state index is 12.4. The molecule has 0 radical (unpaired) electrons. The number of aliphatic hydroxyl groups excluding tert-OH is 13. The number of nitrogens with two attached hydrogens (primary N) is 1. The van der Waals surface area contributed by atoms with Crippen molar-refractivity contribution in [2.75, 3.05) is 39.6 Å². The van der Waals surface area contributed by atoms with Crippen molar-refractivity contribution in [2.45, 2.75) is 160 Å². The summed E-state index contributed by atoms with van der Waals surface area (Å²) in [4.78, 5) is 15.5. The van der Waals surface area contributed by atoms with Crippen molar-refractivity contribution in [1.29, 1.82) is 0 Å². The van der Waals surface area contributed by atoms with E-state index in [1.807, 2.05) is 0 Å². The van der Waals surface area contributed by atoms with Crippen LogP contribution in [0.15, 0.2) is 4.99 Å². The predicted molar refractivity (Wildman–Crippen MR) is 199 cm³/mol. The van der Waals surface area contributed by atoms with Crippen LogP contribution in [0.4, 0.5) is 0 Å². The molecule has 16 N–H and O–H groups in total. The van der Waals surface area contributed by atoms with Crippen molar-refractivity contribution in [1.82, 2.24) is 0 Å². The fourth-order valence-corrected chi connectivity index (χ4v) is 8.40. The Kier molecular flexibility index (Phi) is 25.2. The number of nitrogens with zero attached hydrogens (tertiary/aromatic N) is 1. The van der Waals surface area contributed by atoms with Gasteiger partial charge in [0.15, 0.2) is 31.5 Å². The van der Waals surface area contributed by atoms with E-state index in [-0.39, 0.29) is 72.3 Å². The number of aliphatic imine (C=N–C) groups is 1. The first kappa shape index (κ1) is 63.1. The smallest absolute Gasteiger partial charge is 0.862 e. The minimum absolute atomic E-state index is 0. The number of aliphatic carboxylic acids is 1. The van der Waals surface area contributed by atoms with E-state index in [4.69, 9.17) is 57.7 Å². The van der Waals surface area contributed by atoms with Gasteiger partial charge in [-0.2, -0.15) is 8.42 Å². The number of carboxylic acids is 1. The van der Waals surface area contributed by atoms with Crippen LogP contribution in [0.3, 0.4) is 0 Å². The van der Waals surface area contributed by atoms with Gasteiger partial charge in [0.25, 0.3) is 0 Å². The maximum absolute atomic E-state index is 12.4. The normalized spacial score (nSPS) is 45.5. The minimum Gasteiger partial charge on any atom is -0.862 e. The molecule has 69 heavy (non-hydrogen) atoms. The number of hydrogen-bond donors (Lipinski definition) is 15. The zero-order chi connectivity index (χ0) is 49.8. The number of carboxylic acid groups (broad SMARTS) is 1. The molecule has 0 aromatic carbocycles. The van der Waals surface area contributed by atoms with Crippen molar-refractivity contribution < 1.29 is 205 Å². The van der Waals surface area contributed by atoms with Crippen molar-refractivity contribution in [3.8, 4) is 0 Å². The van der Waals surface area contributed by atoms with Gasteiger partial charge in [-0.15, -0.1) is 0 Å². The summed E-state index contributed by atoms with van der Waals surface area (Å²) in [7, 11) is -5.51. The summed E-state index contributed by atoms with van der Waals surface area (Å²) in [5, 5.41) is 164. The van der Waals surface area contributed by atoms with Gasteiger partial charge in [0.2, 0.25) is 0 Å². The molecule has 5 fully saturated rings. The van der Waals surface area contributed by atoms with Crippen LogP contribution >= 0.6 is 0 Å². The zero-order valence-electron chi connectivity index (χ0n) is 36.9. The molecule has 390 valence electrons. The van der Waals surface area contributed by atoms with Crippen LogP contribution in [0.2, 0.25) is 0 Å². The largest absolute Gasteiger partial charge is 1.00 e. The van der Waals surface area contributed by atoms with Crippen LogP contribution in [-0.4, -0.2) is 284 Å². The number of carbonyl (C=O) groups is 1. The van der Waals surface area contributed by atoms with Gasteiger partial charge in [0.05, 0.1) is 39.0 Å². The van der Waals surface area contributed by atoms with Gasteiger partial charge in [-0.25, -0.2) is 4.18 Å². The quantitative estimate of drug-likeness (QED) is 0.0247. The van der Waals surface area contributed by atoms with Gasteiger partial charge in [0, 0.05) is 6.54 Å². The van der Waals surface area contributed by atoms with Gasteiger partial charge in [-0.05, 0) is 12.8 Å². The Bertz CT molecular complexity index is 1730. The van der Waals surface area contributed by atoms with Crippen LogP contribution in [0.25, 0.3) is 0 Å². The molecule has 0 unspecified atom stereocenters. The third-order valence-electron chi connectivity index (χ3n) is 11.2. The Morgan fingerprint density at radius 2 is 0.957 bits per heavy atom. The third kappa shape index (κ3) is 14.8. The second-order valence-corrected chi connectivity index (χ2v) is 16.8. The van der Waals surface area contributed by atoms with E-state index in [1.54, 1.807) is 0 Å². The molecule has 25 atom stereocenters. The molecular formula is C34H56N2Na2O30S. The molecule has 0 aromatic rings. The molecule has 5 aliphatic heterocycles. The van der Waals surface area contributed by atoms with E-state index in [0.717, 1.165) is 6.92 Å². The van der Waals surface area contributed by atoms with E-state index in [1.165, 1.54) is 0 Å². The number of aliphatic hydroxyl groups is 13. The fourth-order valence-electron chi connectivity index (χ4n) is 7.89. The van der Waals surface area contributed by atoms with Gasteiger partial charge in [-0.1, -0.05) is 0 Å². The molecule has 0 aromatic heterocycles. The van der Waals surface area contributed by atoms with Crippen LogP contribution < -0.4 is 75.1 Å². The van der Waals surface area contributed by atoms with E-state index in [2.05, 4.69) is 9.18 Å². The summed E-state index contributed by atoms with van der Waals surface area (Å²) in [6.07, 6.45) is -49.3. The molecule has 0 spiro atoms. The molecule has 0 saturated carbocycles. The maximum Gasteiger partial charge on any atom is 1.00 e. The first-order chi connectivity index (χ1) is 31.5. The summed E-state index contributed by atoms with van der Waals surface area (Å²) in [5.41, 5.74) is 5.41. The molecule has 5 rings (SSSR count). The molecule has 0 aliphatic carbocycles. The van der Waals surface area contributed by atoms with Crippen LogP contribution in [-0.2, 0) is 66.7 Å². The Morgan fingerprint density at radius 3 is 1.39 bits per heavy atom. The van der Waals surface area contributed by atoms with Gasteiger partial charge < -0.3 is 134 Å². The molecule has 5 saturated heterocycles. The van der Waals surface area contributed by atoms with E-state index >= 15 is 0 Å². The Labute approximate surface area is 435 Å². The molecule has 0 bridgehead atoms. The van der Waals surface area contributed by atoms with Crippen molar-refractivity contribution >= 4 is 22.3 Å². The van der Waals surface area contributed by atoms with E-state index in [0.29, 0.717) is 0 Å². The topological polar surface area (TPSA) is 520 Å². The number of carbonyl (C=O) groups excluding carboxylic acids is 1. The Balaban J connectivity index is 0.00000630. The molecule has 0 amide bonds. The summed E-state index contributed by atoms with van der Waals surface area (Å²) in [6.45, 7) is -3.25. The Hall–Kier alpha value is -0.150. The van der Waals surface area contributed by atoms with Gasteiger partial charge in [-0.3, -0.25) is 9.55 Å². The average molecular weight is 1050 g/mol. The zero-order valence-corrected chi connectivity index (χ0v) is 41.7. The second-order valence-electron chi connectivity index (χ2n) is 15.8. The summed E-state index contributed by atoms with van der Waals surface area (Å²) in [5.74, 6) is -3.22. The SMILES string of the molecule is CC([O-])=N[C@H]1[C@H](O[C@H]2[C@@H](O)[C@@H](CO)O[C@@H](O[C@H]3[C@H](O)[C@@H](O)[C@H](OCCN)O[C@@H]3CO)[C@@H]2O)O[C@H](CO)[C@@H](O[C@@H]2O[C@H](CO)[C@H](O)[C@H](O[C@@H]3O[C@H](C(=O)[O-])[C@@H](O)[C@H](OS(=O)(=O)O)[C@H]3O)[C@H]2O)[C@@H]1O.[Na+].[Na+].